The van der Waals surface area contributed by atoms with E-state index in [9.17, 15) is 19.2 Å². The van der Waals surface area contributed by atoms with Crippen LogP contribution in [0.1, 0.15) is 20.8 Å². The van der Waals surface area contributed by atoms with E-state index in [-0.39, 0.29) is 0 Å². The molecular formula is C12H16O9. The fourth-order valence-electron chi connectivity index (χ4n) is 0.476. The second-order valence-corrected chi connectivity index (χ2v) is 4.28. The van der Waals surface area contributed by atoms with Crippen molar-refractivity contribution in [3.05, 3.63) is 24.3 Å². The number of carboxylic acids is 3. The Morgan fingerprint density at radius 3 is 1.38 bits per heavy atom. The summed E-state index contributed by atoms with van der Waals surface area (Å²) in [5.41, 5.74) is -0.604. The number of hydrogen-bond donors (Lipinski definition) is 3. The van der Waals surface area contributed by atoms with Gasteiger partial charge < -0.3 is 15.3 Å². The maximum Gasteiger partial charge on any atom is 0.366 e. The zero-order chi connectivity index (χ0) is 17.1. The molecule has 9 heteroatoms. The van der Waals surface area contributed by atoms with Crippen molar-refractivity contribution in [2.75, 3.05) is 0 Å². The maximum atomic E-state index is 10.7. The molecule has 0 aromatic carbocycles. The number of aliphatic carboxylic acids is 3. The first kappa shape index (κ1) is 20.6. The van der Waals surface area contributed by atoms with Crippen molar-refractivity contribution in [3.8, 4) is 0 Å². The molecule has 0 aliphatic heterocycles. The van der Waals surface area contributed by atoms with Gasteiger partial charge in [-0.3, -0.25) is 4.89 Å². The lowest BCUT2D eigenvalue weighted by Crippen LogP contribution is -2.21. The third-order valence-corrected chi connectivity index (χ3v) is 1.10. The van der Waals surface area contributed by atoms with Gasteiger partial charge in [-0.25, -0.2) is 19.2 Å². The van der Waals surface area contributed by atoms with E-state index in [1.807, 2.05) is 0 Å². The van der Waals surface area contributed by atoms with Gasteiger partial charge in [0, 0.05) is 24.3 Å². The van der Waals surface area contributed by atoms with Gasteiger partial charge in [0.15, 0.2) is 0 Å². The molecule has 118 valence electrons. The first-order valence-corrected chi connectivity index (χ1v) is 5.38. The number of rotatable bonds is 5. The zero-order valence-electron chi connectivity index (χ0n) is 11.6. The molecule has 0 aromatic rings. The highest BCUT2D eigenvalue weighted by Crippen LogP contribution is 2.06. The molecule has 0 bridgehead atoms. The standard InChI is InChI=1S/C8H12O5.C4H4O4/c1-8(2,3)13-12-7(11)5-4-6(9)10;5-3(6)1-2-4(7)8/h4-5H,1-3H3,(H,9,10);1-2H,(H,5,6)(H,7,8)/b5-4-;2-1-. The summed E-state index contributed by atoms with van der Waals surface area (Å²) in [4.78, 5) is 48.7. The third kappa shape index (κ3) is 22.9. The molecule has 0 aliphatic carbocycles. The second-order valence-electron chi connectivity index (χ2n) is 4.28. The van der Waals surface area contributed by atoms with Crippen LogP contribution < -0.4 is 0 Å². The lowest BCUT2D eigenvalue weighted by Gasteiger charge is -2.15. The molecule has 0 aliphatic rings. The Kier molecular flexibility index (Phi) is 9.97. The Labute approximate surface area is 120 Å². The highest BCUT2D eigenvalue weighted by atomic mass is 17.2. The Hall–Kier alpha value is -2.68. The predicted molar refractivity (Wildman–Crippen MR) is 68.1 cm³/mol. The number of carboxylic acid groups (broad SMARTS) is 3. The van der Waals surface area contributed by atoms with Crippen LogP contribution >= 0.6 is 0 Å². The maximum absolute atomic E-state index is 10.7. The normalized spacial score (nSPS) is 10.8. The van der Waals surface area contributed by atoms with Crippen molar-refractivity contribution < 1.29 is 44.3 Å². The predicted octanol–water partition coefficient (Wildman–Crippen LogP) is 0.612. The number of hydrogen-bond acceptors (Lipinski definition) is 6. The molecule has 3 N–H and O–H groups in total. The Morgan fingerprint density at radius 2 is 1.10 bits per heavy atom. The van der Waals surface area contributed by atoms with Crippen LogP contribution in [0.4, 0.5) is 0 Å². The molecule has 0 atom stereocenters. The summed E-state index contributed by atoms with van der Waals surface area (Å²) in [5.74, 6) is -4.58. The lowest BCUT2D eigenvalue weighted by atomic mass is 10.2. The van der Waals surface area contributed by atoms with Crippen molar-refractivity contribution in [2.24, 2.45) is 0 Å². The van der Waals surface area contributed by atoms with Crippen LogP contribution in [0, 0.1) is 0 Å². The van der Waals surface area contributed by atoms with Crippen LogP contribution in [0.3, 0.4) is 0 Å². The van der Waals surface area contributed by atoms with Crippen LogP contribution in [0.2, 0.25) is 0 Å². The Balaban J connectivity index is 0. The molecule has 0 saturated carbocycles. The van der Waals surface area contributed by atoms with E-state index in [1.165, 1.54) is 0 Å². The molecule has 0 unspecified atom stereocenters. The van der Waals surface area contributed by atoms with Gasteiger partial charge in [0.1, 0.15) is 5.60 Å². The molecule has 0 heterocycles. The van der Waals surface area contributed by atoms with Crippen molar-refractivity contribution >= 4 is 23.9 Å². The fourth-order valence-corrected chi connectivity index (χ4v) is 0.476. The molecule has 0 spiro atoms. The van der Waals surface area contributed by atoms with Crippen LogP contribution in [-0.2, 0) is 29.0 Å². The van der Waals surface area contributed by atoms with E-state index in [2.05, 4.69) is 9.78 Å². The van der Waals surface area contributed by atoms with Crippen molar-refractivity contribution in [3.63, 3.8) is 0 Å². The largest absolute Gasteiger partial charge is 0.478 e. The average Bonchev–Trinajstić information content (AvgIpc) is 2.31. The van der Waals surface area contributed by atoms with Gasteiger partial charge in [-0.15, -0.1) is 0 Å². The van der Waals surface area contributed by atoms with E-state index >= 15 is 0 Å². The monoisotopic (exact) mass is 304 g/mol. The summed E-state index contributed by atoms with van der Waals surface area (Å²) in [6.45, 7) is 5.09. The smallest absolute Gasteiger partial charge is 0.366 e. The molecule has 0 aromatic heterocycles. The molecule has 0 radical (unpaired) electrons. The summed E-state index contributed by atoms with van der Waals surface area (Å²) in [7, 11) is 0. The van der Waals surface area contributed by atoms with Gasteiger partial charge in [0.25, 0.3) is 0 Å². The molecule has 0 rings (SSSR count). The van der Waals surface area contributed by atoms with E-state index in [0.29, 0.717) is 18.2 Å². The van der Waals surface area contributed by atoms with Crippen LogP contribution in [-0.4, -0.2) is 44.8 Å². The minimum absolute atomic E-state index is 0.558. The van der Waals surface area contributed by atoms with Gasteiger partial charge in [0.2, 0.25) is 0 Å². The van der Waals surface area contributed by atoms with Gasteiger partial charge in [0.05, 0.1) is 0 Å². The summed E-state index contributed by atoms with van der Waals surface area (Å²) in [6.07, 6.45) is 2.56. The van der Waals surface area contributed by atoms with Crippen LogP contribution in [0.5, 0.6) is 0 Å². The highest BCUT2D eigenvalue weighted by molar-refractivity contribution is 5.90. The SMILES string of the molecule is CC(C)(C)OOC(=O)/C=C\C(=O)O.O=C(O)/C=C\C(=O)O. The molecule has 0 fully saturated rings. The van der Waals surface area contributed by atoms with E-state index in [1.54, 1.807) is 20.8 Å². The van der Waals surface area contributed by atoms with Gasteiger partial charge in [-0.05, 0) is 20.8 Å². The van der Waals surface area contributed by atoms with E-state index in [4.69, 9.17) is 15.3 Å². The number of carbonyl (C=O) groups is 4. The highest BCUT2D eigenvalue weighted by Gasteiger charge is 2.13. The second kappa shape index (κ2) is 10.1. The molecule has 0 amide bonds. The van der Waals surface area contributed by atoms with Gasteiger partial charge in [-0.2, -0.15) is 4.89 Å². The quantitative estimate of drug-likeness (QED) is 0.377. The van der Waals surface area contributed by atoms with E-state index in [0.717, 1.165) is 6.08 Å². The zero-order valence-corrected chi connectivity index (χ0v) is 11.6. The van der Waals surface area contributed by atoms with Gasteiger partial charge in [-0.1, -0.05) is 0 Å². The minimum atomic E-state index is -1.26. The first-order valence-electron chi connectivity index (χ1n) is 5.38. The van der Waals surface area contributed by atoms with Crippen molar-refractivity contribution in [2.45, 2.75) is 26.4 Å². The summed E-state index contributed by atoms with van der Waals surface area (Å²) in [6, 6.07) is 0. The Bertz CT molecular complexity index is 424. The minimum Gasteiger partial charge on any atom is -0.478 e. The van der Waals surface area contributed by atoms with Crippen LogP contribution in [0.15, 0.2) is 24.3 Å². The third-order valence-electron chi connectivity index (χ3n) is 1.10. The molecule has 21 heavy (non-hydrogen) atoms. The molecular weight excluding hydrogens is 288 g/mol. The van der Waals surface area contributed by atoms with Crippen molar-refractivity contribution in [1.29, 1.82) is 0 Å². The lowest BCUT2D eigenvalue weighted by molar-refractivity contribution is -0.316. The summed E-state index contributed by atoms with van der Waals surface area (Å²) >= 11 is 0. The summed E-state index contributed by atoms with van der Waals surface area (Å²) in [5, 5.41) is 23.8. The topological polar surface area (TPSA) is 147 Å². The summed E-state index contributed by atoms with van der Waals surface area (Å²) < 4.78 is 0. The van der Waals surface area contributed by atoms with E-state index < -0.39 is 29.5 Å². The Morgan fingerprint density at radius 1 is 0.762 bits per heavy atom. The van der Waals surface area contributed by atoms with Gasteiger partial charge >= 0.3 is 23.9 Å². The molecule has 0 saturated heterocycles. The fraction of sp³-hybridized carbons (Fsp3) is 0.333. The average molecular weight is 304 g/mol. The van der Waals surface area contributed by atoms with Crippen molar-refractivity contribution in [1.82, 2.24) is 0 Å². The molecule has 9 nitrogen and oxygen atoms in total. The first-order chi connectivity index (χ1) is 9.44. The number of carbonyl (C=O) groups excluding carboxylic acids is 1. The van der Waals surface area contributed by atoms with Crippen LogP contribution in [0.25, 0.3) is 0 Å².